The molecule has 4 aromatic rings. The van der Waals surface area contributed by atoms with Crippen LogP contribution in [0.15, 0.2) is 76.4 Å². The minimum absolute atomic E-state index is 0.0179. The summed E-state index contributed by atoms with van der Waals surface area (Å²) in [6.07, 6.45) is 4.55. The topological polar surface area (TPSA) is 84.4 Å². The fourth-order valence-electron chi connectivity index (χ4n) is 4.22. The predicted octanol–water partition coefficient (Wildman–Crippen LogP) is 6.03. The Hall–Kier alpha value is -3.80. The second-order valence-corrected chi connectivity index (χ2v) is 8.69. The van der Waals surface area contributed by atoms with Crippen molar-refractivity contribution in [2.75, 3.05) is 0 Å². The number of hydrogen-bond donors (Lipinski definition) is 1. The van der Waals surface area contributed by atoms with Gasteiger partial charge in [0.05, 0.1) is 5.71 Å². The summed E-state index contributed by atoms with van der Waals surface area (Å²) in [5.41, 5.74) is 6.81. The smallest absolute Gasteiger partial charge is 0.247 e. The molecule has 6 nitrogen and oxygen atoms in total. The number of aromatic nitrogens is 3. The molecule has 2 aromatic heterocycles. The van der Waals surface area contributed by atoms with Crippen LogP contribution in [0.2, 0.25) is 0 Å². The number of hydrogen-bond acceptors (Lipinski definition) is 6. The summed E-state index contributed by atoms with van der Waals surface area (Å²) in [7, 11) is 0. The van der Waals surface area contributed by atoms with Gasteiger partial charge >= 0.3 is 0 Å². The zero-order chi connectivity index (χ0) is 22.8. The lowest BCUT2D eigenvalue weighted by molar-refractivity contribution is 0.317. The van der Waals surface area contributed by atoms with Crippen LogP contribution < -0.4 is 0 Å². The zero-order valence-electron chi connectivity index (χ0n) is 18.8. The Morgan fingerprint density at radius 2 is 1.85 bits per heavy atom. The Kier molecular flexibility index (Phi) is 5.73. The van der Waals surface area contributed by atoms with Crippen molar-refractivity contribution in [2.45, 2.75) is 44.9 Å². The molecule has 0 bridgehead atoms. The fraction of sp³-hybridized carbons (Fsp3) is 0.259. The van der Waals surface area contributed by atoms with Crippen LogP contribution in [0.25, 0.3) is 11.5 Å². The van der Waals surface area contributed by atoms with Crippen molar-refractivity contribution >= 4 is 5.71 Å². The van der Waals surface area contributed by atoms with Crippen molar-refractivity contribution in [2.24, 2.45) is 5.16 Å². The first-order valence-electron chi connectivity index (χ1n) is 11.3. The molecule has 5 rings (SSSR count). The largest absolute Gasteiger partial charge is 0.420 e. The number of rotatable bonds is 7. The van der Waals surface area contributed by atoms with Crippen molar-refractivity contribution in [3.8, 4) is 11.5 Å². The van der Waals surface area contributed by atoms with Gasteiger partial charge in [0.2, 0.25) is 11.8 Å². The van der Waals surface area contributed by atoms with Gasteiger partial charge in [-0.1, -0.05) is 41.6 Å². The standard InChI is InChI=1S/C27H26N4O2/c1-17-5-3-4-6-23(17)24(16-25(31-32)22-13-14-28-18(2)15-22)19-7-9-20(10-8-19)26-29-30-27(33-26)21-11-12-21/h3-10,13-15,21,24,32H,11-12,16H2,1-2H3/t24-/m1/s1. The highest BCUT2D eigenvalue weighted by molar-refractivity contribution is 6.01. The minimum Gasteiger partial charge on any atom is -0.420 e. The lowest BCUT2D eigenvalue weighted by Gasteiger charge is -2.21. The average molecular weight is 439 g/mol. The predicted molar refractivity (Wildman–Crippen MR) is 127 cm³/mol. The Balaban J connectivity index is 1.48. The second kappa shape index (κ2) is 8.98. The lowest BCUT2D eigenvalue weighted by atomic mass is 9.83. The monoisotopic (exact) mass is 438 g/mol. The fourth-order valence-corrected chi connectivity index (χ4v) is 4.22. The van der Waals surface area contributed by atoms with E-state index in [-0.39, 0.29) is 5.92 Å². The molecule has 0 spiro atoms. The van der Waals surface area contributed by atoms with Gasteiger partial charge in [0, 0.05) is 41.3 Å². The molecule has 1 atom stereocenters. The number of oxime groups is 1. The summed E-state index contributed by atoms with van der Waals surface area (Å²) in [5, 5.41) is 22.0. The molecule has 0 radical (unpaired) electrons. The third-order valence-electron chi connectivity index (χ3n) is 6.24. The molecular formula is C27H26N4O2. The minimum atomic E-state index is 0.0179. The van der Waals surface area contributed by atoms with E-state index in [2.05, 4.69) is 51.5 Å². The molecule has 33 heavy (non-hydrogen) atoms. The highest BCUT2D eigenvalue weighted by Gasteiger charge is 2.29. The van der Waals surface area contributed by atoms with Crippen LogP contribution in [0.1, 0.15) is 64.9 Å². The van der Waals surface area contributed by atoms with Crippen molar-refractivity contribution in [3.05, 3.63) is 101 Å². The molecule has 1 aliphatic carbocycles. The summed E-state index contributed by atoms with van der Waals surface area (Å²) in [6, 6.07) is 20.4. The molecule has 2 aromatic carbocycles. The number of benzene rings is 2. The van der Waals surface area contributed by atoms with Gasteiger partial charge in [-0.25, -0.2) is 0 Å². The molecule has 2 heterocycles. The molecule has 0 saturated heterocycles. The van der Waals surface area contributed by atoms with Crippen LogP contribution in [0.3, 0.4) is 0 Å². The molecule has 0 amide bonds. The maximum Gasteiger partial charge on any atom is 0.247 e. The Bertz CT molecular complexity index is 1290. The van der Waals surface area contributed by atoms with E-state index in [0.29, 0.717) is 23.9 Å². The molecule has 166 valence electrons. The average Bonchev–Trinajstić information content (AvgIpc) is 3.57. The van der Waals surface area contributed by atoms with E-state index in [9.17, 15) is 5.21 Å². The van der Waals surface area contributed by atoms with Crippen LogP contribution in [-0.2, 0) is 0 Å². The number of nitrogens with zero attached hydrogens (tertiary/aromatic N) is 4. The van der Waals surface area contributed by atoms with Gasteiger partial charge in [0.15, 0.2) is 0 Å². The van der Waals surface area contributed by atoms with Crippen LogP contribution in [0.4, 0.5) is 0 Å². The first-order chi connectivity index (χ1) is 16.1. The highest BCUT2D eigenvalue weighted by atomic mass is 16.4. The second-order valence-electron chi connectivity index (χ2n) is 8.69. The quantitative estimate of drug-likeness (QED) is 0.216. The molecule has 1 N–H and O–H groups in total. The van der Waals surface area contributed by atoms with Gasteiger partial charge in [-0.05, 0) is 67.6 Å². The van der Waals surface area contributed by atoms with E-state index in [1.807, 2.05) is 43.3 Å². The van der Waals surface area contributed by atoms with Crippen molar-refractivity contribution < 1.29 is 9.62 Å². The number of aryl methyl sites for hydroxylation is 2. The maximum atomic E-state index is 9.87. The first-order valence-corrected chi connectivity index (χ1v) is 11.3. The molecule has 0 aliphatic heterocycles. The van der Waals surface area contributed by atoms with E-state index in [1.54, 1.807) is 6.20 Å². The first kappa shape index (κ1) is 21.1. The summed E-state index contributed by atoms with van der Waals surface area (Å²) in [6.45, 7) is 4.04. The van der Waals surface area contributed by atoms with Crippen LogP contribution in [-0.4, -0.2) is 26.1 Å². The molecular weight excluding hydrogens is 412 g/mol. The lowest BCUT2D eigenvalue weighted by Crippen LogP contribution is -2.12. The summed E-state index contributed by atoms with van der Waals surface area (Å²) >= 11 is 0. The normalized spacial score (nSPS) is 14.9. The van der Waals surface area contributed by atoms with Gasteiger partial charge in [-0.3, -0.25) is 4.98 Å². The van der Waals surface area contributed by atoms with Gasteiger partial charge in [0.1, 0.15) is 0 Å². The van der Waals surface area contributed by atoms with Gasteiger partial charge < -0.3 is 9.62 Å². The summed E-state index contributed by atoms with van der Waals surface area (Å²) in [5.74, 6) is 1.75. The van der Waals surface area contributed by atoms with Gasteiger partial charge in [-0.15, -0.1) is 10.2 Å². The van der Waals surface area contributed by atoms with E-state index in [4.69, 9.17) is 4.42 Å². The Morgan fingerprint density at radius 1 is 1.06 bits per heavy atom. The summed E-state index contributed by atoms with van der Waals surface area (Å²) < 4.78 is 5.87. The summed E-state index contributed by atoms with van der Waals surface area (Å²) in [4.78, 5) is 4.26. The van der Waals surface area contributed by atoms with E-state index >= 15 is 0 Å². The third-order valence-corrected chi connectivity index (χ3v) is 6.24. The molecule has 1 fully saturated rings. The highest BCUT2D eigenvalue weighted by Crippen LogP contribution is 2.40. The number of pyridine rings is 1. The Morgan fingerprint density at radius 3 is 2.55 bits per heavy atom. The van der Waals surface area contributed by atoms with Crippen LogP contribution >= 0.6 is 0 Å². The molecule has 1 saturated carbocycles. The van der Waals surface area contributed by atoms with Crippen molar-refractivity contribution in [3.63, 3.8) is 0 Å². The van der Waals surface area contributed by atoms with Gasteiger partial charge in [0.25, 0.3) is 0 Å². The molecule has 1 aliphatic rings. The van der Waals surface area contributed by atoms with E-state index in [1.165, 1.54) is 11.1 Å². The Labute approximate surface area is 193 Å². The SMILES string of the molecule is Cc1cc(C(C[C@H](c2ccc(-c3nnc(C4CC4)o3)cc2)c2ccccc2C)=NO)ccn1. The van der Waals surface area contributed by atoms with Crippen molar-refractivity contribution in [1.29, 1.82) is 0 Å². The van der Waals surface area contributed by atoms with Crippen molar-refractivity contribution in [1.82, 2.24) is 15.2 Å². The van der Waals surface area contributed by atoms with Gasteiger partial charge in [-0.2, -0.15) is 0 Å². The van der Waals surface area contributed by atoms with Crippen LogP contribution in [0, 0.1) is 13.8 Å². The molecule has 0 unspecified atom stereocenters. The maximum absolute atomic E-state index is 9.87. The molecule has 6 heteroatoms. The van der Waals surface area contributed by atoms with E-state index in [0.717, 1.165) is 41.1 Å². The third kappa shape index (κ3) is 4.55. The van der Waals surface area contributed by atoms with Crippen LogP contribution in [0.5, 0.6) is 0 Å². The zero-order valence-corrected chi connectivity index (χ0v) is 18.8. The van der Waals surface area contributed by atoms with E-state index < -0.39 is 0 Å².